The van der Waals surface area contributed by atoms with Gasteiger partial charge in [-0.15, -0.1) is 0 Å². The first-order chi connectivity index (χ1) is 14.0. The van der Waals surface area contributed by atoms with Gasteiger partial charge in [-0.1, -0.05) is 0 Å². The van der Waals surface area contributed by atoms with Crippen LogP contribution in [-0.2, 0) is 15.1 Å². The molecule has 5 rings (SSSR count). The molecule has 3 fully saturated rings. The molecule has 0 radical (unpaired) electrons. The lowest BCUT2D eigenvalue weighted by atomic mass is 9.65. The highest BCUT2D eigenvalue weighted by atomic mass is 16.5. The summed E-state index contributed by atoms with van der Waals surface area (Å²) in [4.78, 5) is 27.7. The van der Waals surface area contributed by atoms with Gasteiger partial charge in [0.15, 0.2) is 11.3 Å². The summed E-state index contributed by atoms with van der Waals surface area (Å²) in [5, 5.41) is 3.06. The minimum Gasteiger partial charge on any atom is -0.493 e. The molecule has 2 aliphatic heterocycles. The van der Waals surface area contributed by atoms with Crippen LogP contribution < -0.4 is 14.8 Å². The summed E-state index contributed by atoms with van der Waals surface area (Å²) >= 11 is 0. The summed E-state index contributed by atoms with van der Waals surface area (Å²) in [5.41, 5.74) is -1.23. The van der Waals surface area contributed by atoms with Crippen molar-refractivity contribution in [3.63, 3.8) is 0 Å². The Morgan fingerprint density at radius 3 is 2.66 bits per heavy atom. The van der Waals surface area contributed by atoms with Crippen molar-refractivity contribution in [1.82, 2.24) is 10.2 Å². The number of hydrogen-bond donors (Lipinski definition) is 1. The number of urea groups is 1. The molecule has 2 aliphatic carbocycles. The fraction of sp³-hybridized carbons (Fsp3) is 0.636. The van der Waals surface area contributed by atoms with Crippen molar-refractivity contribution in [2.75, 3.05) is 27.3 Å². The number of nitrogens with zero attached hydrogens (tertiary/aromatic N) is 1. The Kier molecular flexibility index (Phi) is 4.28. The third-order valence-electron chi connectivity index (χ3n) is 7.04. The Balaban J connectivity index is 1.56. The molecule has 2 spiro atoms. The summed E-state index contributed by atoms with van der Waals surface area (Å²) in [5.74, 6) is 1.99. The van der Waals surface area contributed by atoms with E-state index in [1.54, 1.807) is 14.2 Å². The molecule has 29 heavy (non-hydrogen) atoms. The fourth-order valence-corrected chi connectivity index (χ4v) is 5.10. The molecule has 0 aromatic heterocycles. The number of amides is 2. The van der Waals surface area contributed by atoms with Crippen molar-refractivity contribution in [2.24, 2.45) is 5.92 Å². The molecule has 7 nitrogen and oxygen atoms in total. The molecular weight excluding hydrogens is 372 g/mol. The maximum Gasteiger partial charge on any atom is 0.318 e. The number of nitrogens with one attached hydrogen (secondary N) is 1. The zero-order valence-corrected chi connectivity index (χ0v) is 17.0. The minimum absolute atomic E-state index is 0.0337. The third-order valence-corrected chi connectivity index (χ3v) is 7.04. The summed E-state index contributed by atoms with van der Waals surface area (Å²) in [6.45, 7) is 0.758. The number of likely N-dealkylation sites (N-methyl/N-ethyl adjacent to an activating group) is 1. The largest absolute Gasteiger partial charge is 0.493 e. The van der Waals surface area contributed by atoms with E-state index in [-0.39, 0.29) is 24.5 Å². The molecule has 1 aromatic rings. The van der Waals surface area contributed by atoms with Crippen LogP contribution in [0.1, 0.15) is 44.1 Å². The predicted molar refractivity (Wildman–Crippen MR) is 105 cm³/mol. The number of carbonyl (C=O) groups excluding carboxylic acids is 2. The van der Waals surface area contributed by atoms with Crippen molar-refractivity contribution < 1.29 is 23.8 Å². The van der Waals surface area contributed by atoms with Gasteiger partial charge in [0.25, 0.3) is 0 Å². The molecule has 2 amide bonds. The van der Waals surface area contributed by atoms with Crippen molar-refractivity contribution in [3.05, 3.63) is 23.8 Å². The highest BCUT2D eigenvalue weighted by Gasteiger charge is 2.67. The van der Waals surface area contributed by atoms with Crippen molar-refractivity contribution in [1.29, 1.82) is 0 Å². The van der Waals surface area contributed by atoms with E-state index in [0.29, 0.717) is 31.1 Å². The fourth-order valence-electron chi connectivity index (χ4n) is 5.10. The van der Waals surface area contributed by atoms with Crippen LogP contribution in [-0.4, -0.2) is 55.7 Å². The first-order valence-electron chi connectivity index (χ1n) is 10.5. The first kappa shape index (κ1) is 18.7. The van der Waals surface area contributed by atoms with Gasteiger partial charge in [-0.05, 0) is 62.6 Å². The Morgan fingerprint density at radius 2 is 1.97 bits per heavy atom. The van der Waals surface area contributed by atoms with Gasteiger partial charge in [-0.3, -0.25) is 4.79 Å². The van der Waals surface area contributed by atoms with Crippen LogP contribution in [0.5, 0.6) is 11.5 Å². The summed E-state index contributed by atoms with van der Waals surface area (Å²) < 4.78 is 18.0. The molecule has 1 atom stereocenters. The van der Waals surface area contributed by atoms with Crippen molar-refractivity contribution >= 4 is 11.8 Å². The first-order valence-corrected chi connectivity index (χ1v) is 10.5. The third kappa shape index (κ3) is 2.81. The second-order valence-corrected chi connectivity index (χ2v) is 8.90. The van der Waals surface area contributed by atoms with E-state index in [9.17, 15) is 9.59 Å². The Hall–Kier alpha value is -2.28. The van der Waals surface area contributed by atoms with Gasteiger partial charge in [-0.2, -0.15) is 0 Å². The number of methoxy groups -OCH3 is 1. The van der Waals surface area contributed by atoms with Gasteiger partial charge < -0.3 is 24.4 Å². The van der Waals surface area contributed by atoms with Crippen LogP contribution in [0.15, 0.2) is 18.2 Å². The second kappa shape index (κ2) is 6.62. The monoisotopic (exact) mass is 400 g/mol. The highest BCUT2D eigenvalue weighted by molar-refractivity contribution is 6.02. The van der Waals surface area contributed by atoms with E-state index in [0.717, 1.165) is 24.2 Å². The van der Waals surface area contributed by atoms with Crippen LogP contribution in [0, 0.1) is 5.92 Å². The van der Waals surface area contributed by atoms with Crippen molar-refractivity contribution in [3.8, 4) is 11.5 Å². The molecule has 156 valence electrons. The van der Waals surface area contributed by atoms with E-state index >= 15 is 0 Å². The number of carbonyl (C=O) groups is 2. The highest BCUT2D eigenvalue weighted by Crippen LogP contribution is 2.56. The number of fused-ring (bicyclic) bond motifs is 3. The van der Waals surface area contributed by atoms with Crippen LogP contribution in [0.3, 0.4) is 0 Å². The van der Waals surface area contributed by atoms with Crippen LogP contribution in [0.4, 0.5) is 4.79 Å². The molecule has 2 saturated carbocycles. The van der Waals surface area contributed by atoms with Gasteiger partial charge >= 0.3 is 6.03 Å². The van der Waals surface area contributed by atoms with Gasteiger partial charge in [-0.25, -0.2) is 4.79 Å². The van der Waals surface area contributed by atoms with Gasteiger partial charge in [0, 0.05) is 19.7 Å². The van der Waals surface area contributed by atoms with E-state index in [1.165, 1.54) is 17.7 Å². The van der Waals surface area contributed by atoms with Gasteiger partial charge in [0.1, 0.15) is 17.1 Å². The lowest BCUT2D eigenvalue weighted by Crippen LogP contribution is -2.72. The maximum absolute atomic E-state index is 13.5. The number of ether oxygens (including phenoxy) is 3. The van der Waals surface area contributed by atoms with Crippen LogP contribution in [0.2, 0.25) is 0 Å². The molecule has 4 aliphatic rings. The Bertz CT molecular complexity index is 844. The van der Waals surface area contributed by atoms with E-state index in [1.807, 2.05) is 18.2 Å². The topological polar surface area (TPSA) is 77.1 Å². The average molecular weight is 400 g/mol. The molecule has 2 heterocycles. The molecule has 1 saturated heterocycles. The predicted octanol–water partition coefficient (Wildman–Crippen LogP) is 2.62. The summed E-state index contributed by atoms with van der Waals surface area (Å²) in [7, 11) is 3.36. The van der Waals surface area contributed by atoms with Crippen LogP contribution >= 0.6 is 0 Å². The molecule has 1 unspecified atom stereocenters. The second-order valence-electron chi connectivity index (χ2n) is 8.90. The normalized spacial score (nSPS) is 33.6. The lowest BCUT2D eigenvalue weighted by molar-refractivity contribution is -0.141. The molecule has 0 bridgehead atoms. The molecular formula is C22H28N2O5. The standard InChI is InChI=1S/C22H28N2O5/c1-24-12-19(25)22(23-20(24)26)17-11-16(28-13-14-3-4-14)5-6-18(17)29-21(22)9-7-15(27-2)8-10-21/h5-6,11,14-15H,3-4,7-10,12-13H2,1-2H3,(H,23,26). The SMILES string of the molecule is COC1CCC2(CC1)Oc1ccc(OCC3CC3)cc1C21NC(=O)N(C)CC1=O. The lowest BCUT2D eigenvalue weighted by Gasteiger charge is -2.49. The maximum atomic E-state index is 13.5. The average Bonchev–Trinajstić information content (AvgIpc) is 3.51. The van der Waals surface area contributed by atoms with E-state index < -0.39 is 11.1 Å². The number of ketones is 1. The van der Waals surface area contributed by atoms with Gasteiger partial charge in [0.2, 0.25) is 0 Å². The molecule has 7 heteroatoms. The molecule has 1 aromatic carbocycles. The van der Waals surface area contributed by atoms with Gasteiger partial charge in [0.05, 0.1) is 19.3 Å². The van der Waals surface area contributed by atoms with E-state index in [4.69, 9.17) is 14.2 Å². The smallest absolute Gasteiger partial charge is 0.318 e. The zero-order chi connectivity index (χ0) is 20.2. The number of hydrogen-bond acceptors (Lipinski definition) is 5. The number of benzene rings is 1. The Morgan fingerprint density at radius 1 is 1.21 bits per heavy atom. The number of rotatable bonds is 4. The number of Topliss-reactive ketones (excluding diaryl/α,β-unsaturated/α-hetero) is 1. The zero-order valence-electron chi connectivity index (χ0n) is 17.0. The van der Waals surface area contributed by atoms with Crippen LogP contribution in [0.25, 0.3) is 0 Å². The van der Waals surface area contributed by atoms with E-state index in [2.05, 4.69) is 5.32 Å². The summed E-state index contributed by atoms with van der Waals surface area (Å²) in [6.07, 6.45) is 5.44. The minimum atomic E-state index is -1.18. The molecule has 1 N–H and O–H groups in total. The quantitative estimate of drug-likeness (QED) is 0.841. The summed E-state index contributed by atoms with van der Waals surface area (Å²) in [6, 6.07) is 5.43. The Labute approximate surface area is 170 Å². The van der Waals surface area contributed by atoms with Crippen molar-refractivity contribution in [2.45, 2.75) is 55.8 Å².